The van der Waals surface area contributed by atoms with Gasteiger partial charge in [-0.1, -0.05) is 12.1 Å². The van der Waals surface area contributed by atoms with Crippen LogP contribution in [-0.4, -0.2) is 10.8 Å². The lowest BCUT2D eigenvalue weighted by Gasteiger charge is -2.05. The van der Waals surface area contributed by atoms with Crippen molar-refractivity contribution in [2.24, 2.45) is 4.99 Å². The monoisotopic (exact) mass is 258 g/mol. The Kier molecular flexibility index (Phi) is 3.37. The lowest BCUT2D eigenvalue weighted by molar-refractivity contribution is 0.432. The summed E-state index contributed by atoms with van der Waals surface area (Å²) >= 11 is 0. The summed E-state index contributed by atoms with van der Waals surface area (Å²) in [4.78, 5) is 16.0. The van der Waals surface area contributed by atoms with Gasteiger partial charge in [0.1, 0.15) is 17.1 Å². The van der Waals surface area contributed by atoms with Gasteiger partial charge in [-0.25, -0.2) is 4.79 Å². The number of benzene rings is 1. The van der Waals surface area contributed by atoms with Crippen molar-refractivity contribution in [1.82, 2.24) is 0 Å². The number of nitrogens with zero attached hydrogens (tertiary/aromatic N) is 1. The molecule has 0 aliphatic heterocycles. The van der Waals surface area contributed by atoms with E-state index in [4.69, 9.17) is 10.2 Å². The van der Waals surface area contributed by atoms with Crippen LogP contribution in [0.15, 0.2) is 44.5 Å². The Morgan fingerprint density at radius 3 is 2.68 bits per heavy atom. The molecule has 5 nitrogen and oxygen atoms in total. The van der Waals surface area contributed by atoms with Crippen LogP contribution in [0.5, 0.6) is 5.75 Å². The molecular formula is C14H14N2O3. The van der Waals surface area contributed by atoms with Crippen molar-refractivity contribution in [3.63, 3.8) is 0 Å². The molecule has 19 heavy (non-hydrogen) atoms. The second kappa shape index (κ2) is 4.97. The molecule has 0 fully saturated rings. The third-order valence-electron chi connectivity index (χ3n) is 2.64. The highest BCUT2D eigenvalue weighted by molar-refractivity contribution is 6.02. The zero-order valence-corrected chi connectivity index (χ0v) is 10.7. The molecule has 0 aliphatic rings. The van der Waals surface area contributed by atoms with Crippen molar-refractivity contribution in [2.45, 2.75) is 13.8 Å². The van der Waals surface area contributed by atoms with Crippen LogP contribution in [0.1, 0.15) is 18.2 Å². The van der Waals surface area contributed by atoms with Gasteiger partial charge in [0.2, 0.25) is 0 Å². The van der Waals surface area contributed by atoms with E-state index in [1.54, 1.807) is 38.1 Å². The average molecular weight is 258 g/mol. The molecular weight excluding hydrogens is 244 g/mol. The first-order valence-electron chi connectivity index (χ1n) is 5.73. The van der Waals surface area contributed by atoms with Crippen molar-refractivity contribution in [2.75, 3.05) is 5.73 Å². The van der Waals surface area contributed by atoms with Gasteiger partial charge in [0.25, 0.3) is 0 Å². The summed E-state index contributed by atoms with van der Waals surface area (Å²) in [5.74, 6) is 0.197. The van der Waals surface area contributed by atoms with Crippen LogP contribution < -0.4 is 11.4 Å². The van der Waals surface area contributed by atoms with Crippen LogP contribution in [0.2, 0.25) is 0 Å². The molecule has 3 N–H and O–H groups in total. The van der Waals surface area contributed by atoms with Crippen LogP contribution in [0.3, 0.4) is 0 Å². The number of hydrogen-bond donors (Lipinski definition) is 2. The van der Waals surface area contributed by atoms with Gasteiger partial charge in [-0.3, -0.25) is 4.99 Å². The van der Waals surface area contributed by atoms with E-state index in [1.165, 1.54) is 6.07 Å². The van der Waals surface area contributed by atoms with Crippen LogP contribution >= 0.6 is 0 Å². The minimum atomic E-state index is -0.617. The van der Waals surface area contributed by atoms with E-state index in [-0.39, 0.29) is 11.3 Å². The van der Waals surface area contributed by atoms with E-state index in [0.717, 1.165) is 0 Å². The molecule has 0 bridgehead atoms. The molecule has 0 saturated carbocycles. The summed E-state index contributed by atoms with van der Waals surface area (Å²) in [6.45, 7) is 3.21. The number of nitrogens with two attached hydrogens (primary N) is 1. The Labute approximate surface area is 110 Å². The smallest absolute Gasteiger partial charge is 0.348 e. The lowest BCUT2D eigenvalue weighted by Crippen LogP contribution is -2.13. The Balaban J connectivity index is 2.54. The molecule has 5 heteroatoms. The average Bonchev–Trinajstić information content (AvgIpc) is 2.30. The Bertz CT molecular complexity index is 702. The molecule has 0 spiro atoms. The Morgan fingerprint density at radius 1 is 1.37 bits per heavy atom. The van der Waals surface area contributed by atoms with Crippen molar-refractivity contribution in [1.29, 1.82) is 0 Å². The second-order valence-corrected chi connectivity index (χ2v) is 4.16. The minimum Gasteiger partial charge on any atom is -0.507 e. The van der Waals surface area contributed by atoms with Crippen molar-refractivity contribution in [3.05, 3.63) is 52.1 Å². The maximum atomic E-state index is 11.7. The van der Waals surface area contributed by atoms with Crippen molar-refractivity contribution in [3.8, 4) is 5.75 Å². The van der Waals surface area contributed by atoms with E-state index in [9.17, 15) is 9.90 Å². The number of aromatic hydroxyl groups is 1. The van der Waals surface area contributed by atoms with Gasteiger partial charge in [-0.15, -0.1) is 0 Å². The van der Waals surface area contributed by atoms with Crippen LogP contribution in [0.4, 0.5) is 11.4 Å². The number of para-hydroxylation sites is 2. The van der Waals surface area contributed by atoms with E-state index in [2.05, 4.69) is 4.99 Å². The van der Waals surface area contributed by atoms with E-state index >= 15 is 0 Å². The molecule has 0 amide bonds. The maximum absolute atomic E-state index is 11.7. The Hall–Kier alpha value is -2.56. The zero-order valence-electron chi connectivity index (χ0n) is 10.7. The highest BCUT2D eigenvalue weighted by Gasteiger charge is 2.13. The molecule has 0 radical (unpaired) electrons. The quantitative estimate of drug-likeness (QED) is 0.639. The standard InChI is InChI=1S/C14H14N2O3/c1-8-7-12(17)13(14(18)19-8)9(2)16-11-6-4-3-5-10(11)15/h3-7,17H,15H2,1-2H3. The van der Waals surface area contributed by atoms with E-state index < -0.39 is 5.63 Å². The van der Waals surface area contributed by atoms with Crippen molar-refractivity contribution < 1.29 is 9.52 Å². The van der Waals surface area contributed by atoms with Crippen molar-refractivity contribution >= 4 is 17.1 Å². The molecule has 2 aromatic rings. The molecule has 2 rings (SSSR count). The summed E-state index contributed by atoms with van der Waals surface area (Å²) in [5, 5.41) is 9.82. The van der Waals surface area contributed by atoms with Gasteiger partial charge in [0.05, 0.1) is 17.1 Å². The predicted molar refractivity (Wildman–Crippen MR) is 74.1 cm³/mol. The summed E-state index contributed by atoms with van der Waals surface area (Å²) < 4.78 is 4.95. The first-order valence-corrected chi connectivity index (χ1v) is 5.73. The largest absolute Gasteiger partial charge is 0.507 e. The number of hydrogen-bond acceptors (Lipinski definition) is 5. The lowest BCUT2D eigenvalue weighted by atomic mass is 10.1. The molecule has 0 unspecified atom stereocenters. The van der Waals surface area contributed by atoms with Gasteiger partial charge in [0, 0.05) is 6.07 Å². The molecule has 0 atom stereocenters. The molecule has 1 aromatic carbocycles. The predicted octanol–water partition coefficient (Wildman–Crippen LogP) is 2.38. The molecule has 0 aliphatic carbocycles. The minimum absolute atomic E-state index is 0.0499. The third-order valence-corrected chi connectivity index (χ3v) is 2.64. The fraction of sp³-hybridized carbons (Fsp3) is 0.143. The molecule has 1 heterocycles. The zero-order chi connectivity index (χ0) is 14.0. The summed E-state index contributed by atoms with van der Waals surface area (Å²) in [7, 11) is 0. The van der Waals surface area contributed by atoms with Gasteiger partial charge in [-0.05, 0) is 26.0 Å². The number of anilines is 1. The fourth-order valence-corrected chi connectivity index (χ4v) is 1.75. The summed E-state index contributed by atoms with van der Waals surface area (Å²) in [5.41, 5.74) is 6.60. The Morgan fingerprint density at radius 2 is 2.05 bits per heavy atom. The third kappa shape index (κ3) is 2.65. The molecule has 1 aromatic heterocycles. The number of rotatable bonds is 2. The normalized spacial score (nSPS) is 11.6. The van der Waals surface area contributed by atoms with Crippen LogP contribution in [-0.2, 0) is 0 Å². The highest BCUT2D eigenvalue weighted by atomic mass is 16.4. The van der Waals surface area contributed by atoms with Gasteiger partial charge >= 0.3 is 5.63 Å². The maximum Gasteiger partial charge on any atom is 0.348 e. The van der Waals surface area contributed by atoms with E-state index in [1.807, 2.05) is 0 Å². The first-order chi connectivity index (χ1) is 8.99. The van der Waals surface area contributed by atoms with Crippen LogP contribution in [0, 0.1) is 6.92 Å². The fourth-order valence-electron chi connectivity index (χ4n) is 1.75. The number of aliphatic imine (C=N–C) groups is 1. The van der Waals surface area contributed by atoms with Gasteiger partial charge < -0.3 is 15.3 Å². The SMILES string of the molecule is CC(=Nc1ccccc1N)c1c(O)cc(C)oc1=O. The topological polar surface area (TPSA) is 88.8 Å². The van der Waals surface area contributed by atoms with Gasteiger partial charge in [0.15, 0.2) is 0 Å². The summed E-state index contributed by atoms with van der Waals surface area (Å²) in [6, 6.07) is 8.40. The molecule has 0 saturated heterocycles. The second-order valence-electron chi connectivity index (χ2n) is 4.16. The summed E-state index contributed by atoms with van der Waals surface area (Å²) in [6.07, 6.45) is 0. The number of aryl methyl sites for hydroxylation is 1. The highest BCUT2D eigenvalue weighted by Crippen LogP contribution is 2.23. The number of nitrogen functional groups attached to an aromatic ring is 1. The van der Waals surface area contributed by atoms with Crippen LogP contribution in [0.25, 0.3) is 0 Å². The van der Waals surface area contributed by atoms with Gasteiger partial charge in [-0.2, -0.15) is 0 Å². The molecule has 98 valence electrons. The first kappa shape index (κ1) is 12.9. The van der Waals surface area contributed by atoms with E-state index in [0.29, 0.717) is 22.8 Å².